The SMILES string of the molecule is CCOC(=O)C(CC(=O)c1cccnc1NC(=O)C(C)(C)C)=NO. The van der Waals surface area contributed by atoms with E-state index in [0.29, 0.717) is 0 Å². The number of rotatable bonds is 6. The van der Waals surface area contributed by atoms with Gasteiger partial charge in [0.25, 0.3) is 0 Å². The Morgan fingerprint density at radius 3 is 2.54 bits per heavy atom. The quantitative estimate of drug-likeness (QED) is 0.270. The second kappa shape index (κ2) is 8.19. The number of carbonyl (C=O) groups is 3. The van der Waals surface area contributed by atoms with E-state index in [1.54, 1.807) is 27.7 Å². The molecule has 8 heteroatoms. The van der Waals surface area contributed by atoms with Crippen LogP contribution in [0.4, 0.5) is 5.82 Å². The van der Waals surface area contributed by atoms with Gasteiger partial charge in [0.05, 0.1) is 18.6 Å². The Morgan fingerprint density at radius 2 is 2.00 bits per heavy atom. The fourth-order valence-corrected chi connectivity index (χ4v) is 1.64. The van der Waals surface area contributed by atoms with Crippen molar-refractivity contribution in [1.82, 2.24) is 4.98 Å². The molecule has 0 unspecified atom stereocenters. The van der Waals surface area contributed by atoms with E-state index < -0.39 is 29.3 Å². The Labute approximate surface area is 139 Å². The van der Waals surface area contributed by atoms with Crippen LogP contribution < -0.4 is 5.32 Å². The first-order valence-corrected chi connectivity index (χ1v) is 7.38. The molecule has 0 fully saturated rings. The number of hydrogen-bond donors (Lipinski definition) is 2. The largest absolute Gasteiger partial charge is 0.461 e. The molecule has 24 heavy (non-hydrogen) atoms. The average Bonchev–Trinajstić information content (AvgIpc) is 2.52. The van der Waals surface area contributed by atoms with Crippen molar-refractivity contribution in [2.24, 2.45) is 10.6 Å². The third-order valence-corrected chi connectivity index (χ3v) is 2.98. The summed E-state index contributed by atoms with van der Waals surface area (Å²) in [6.07, 6.45) is 0.959. The predicted octanol–water partition coefficient (Wildman–Crippen LogP) is 2.03. The molecule has 0 radical (unpaired) electrons. The molecule has 0 aliphatic rings. The summed E-state index contributed by atoms with van der Waals surface area (Å²) in [7, 11) is 0. The number of hydrogen-bond acceptors (Lipinski definition) is 7. The van der Waals surface area contributed by atoms with Crippen molar-refractivity contribution in [3.63, 3.8) is 0 Å². The van der Waals surface area contributed by atoms with Crippen LogP contribution in [-0.2, 0) is 14.3 Å². The van der Waals surface area contributed by atoms with Crippen LogP contribution in [0.25, 0.3) is 0 Å². The van der Waals surface area contributed by atoms with Crippen LogP contribution in [0.15, 0.2) is 23.5 Å². The molecule has 2 N–H and O–H groups in total. The van der Waals surface area contributed by atoms with Gasteiger partial charge < -0.3 is 15.3 Å². The van der Waals surface area contributed by atoms with Gasteiger partial charge in [0.15, 0.2) is 11.5 Å². The second-order valence-corrected chi connectivity index (χ2v) is 5.97. The molecule has 0 aliphatic heterocycles. The number of nitrogens with one attached hydrogen (secondary N) is 1. The van der Waals surface area contributed by atoms with Crippen LogP contribution in [0.2, 0.25) is 0 Å². The van der Waals surface area contributed by atoms with Gasteiger partial charge >= 0.3 is 5.97 Å². The Hall–Kier alpha value is -2.77. The molecule has 1 rings (SSSR count). The second-order valence-electron chi connectivity index (χ2n) is 5.97. The number of Topliss-reactive ketones (excluding diaryl/α,β-unsaturated/α-hetero) is 1. The van der Waals surface area contributed by atoms with Crippen molar-refractivity contribution in [2.45, 2.75) is 34.1 Å². The molecule has 1 aromatic rings. The zero-order chi connectivity index (χ0) is 18.3. The van der Waals surface area contributed by atoms with E-state index in [9.17, 15) is 14.4 Å². The van der Waals surface area contributed by atoms with Crippen LogP contribution in [0.1, 0.15) is 44.5 Å². The molecule has 0 saturated carbocycles. The number of anilines is 1. The lowest BCUT2D eigenvalue weighted by Gasteiger charge is -2.18. The van der Waals surface area contributed by atoms with E-state index >= 15 is 0 Å². The maximum Gasteiger partial charge on any atom is 0.356 e. The summed E-state index contributed by atoms with van der Waals surface area (Å²) in [5.74, 6) is -1.63. The van der Waals surface area contributed by atoms with Gasteiger partial charge in [-0.25, -0.2) is 9.78 Å². The van der Waals surface area contributed by atoms with Gasteiger partial charge in [0, 0.05) is 11.6 Å². The minimum atomic E-state index is -0.877. The number of carbonyl (C=O) groups excluding carboxylic acids is 3. The van der Waals surface area contributed by atoms with Crippen LogP contribution in [0.3, 0.4) is 0 Å². The number of esters is 1. The van der Waals surface area contributed by atoms with Crippen LogP contribution in [0, 0.1) is 5.41 Å². The van der Waals surface area contributed by atoms with Crippen molar-refractivity contribution < 1.29 is 24.3 Å². The van der Waals surface area contributed by atoms with Gasteiger partial charge in [0.1, 0.15) is 5.82 Å². The van der Waals surface area contributed by atoms with Crippen LogP contribution in [-0.4, -0.2) is 40.2 Å². The lowest BCUT2D eigenvalue weighted by atomic mass is 9.95. The predicted molar refractivity (Wildman–Crippen MR) is 87.1 cm³/mol. The molecule has 0 aromatic carbocycles. The summed E-state index contributed by atoms with van der Waals surface area (Å²) in [5, 5.41) is 14.3. The van der Waals surface area contributed by atoms with Crippen molar-refractivity contribution in [2.75, 3.05) is 11.9 Å². The van der Waals surface area contributed by atoms with E-state index in [-0.39, 0.29) is 23.9 Å². The number of nitrogens with zero attached hydrogens (tertiary/aromatic N) is 2. The molecule has 130 valence electrons. The highest BCUT2D eigenvalue weighted by atomic mass is 16.5. The minimum Gasteiger partial charge on any atom is -0.461 e. The summed E-state index contributed by atoms with van der Waals surface area (Å²) >= 11 is 0. The average molecular weight is 335 g/mol. The summed E-state index contributed by atoms with van der Waals surface area (Å²) in [6, 6.07) is 2.99. The molecule has 0 spiro atoms. The molecule has 1 amide bonds. The molecule has 1 heterocycles. The number of pyridine rings is 1. The maximum atomic E-state index is 12.4. The van der Waals surface area contributed by atoms with Crippen molar-refractivity contribution >= 4 is 29.2 Å². The molecule has 0 aliphatic carbocycles. The van der Waals surface area contributed by atoms with Crippen LogP contribution in [0.5, 0.6) is 0 Å². The van der Waals surface area contributed by atoms with Gasteiger partial charge in [0.2, 0.25) is 5.91 Å². The topological polar surface area (TPSA) is 118 Å². The molecule has 0 bridgehead atoms. The van der Waals surface area contributed by atoms with Crippen LogP contribution >= 0.6 is 0 Å². The highest BCUT2D eigenvalue weighted by Gasteiger charge is 2.25. The fourth-order valence-electron chi connectivity index (χ4n) is 1.64. The zero-order valence-corrected chi connectivity index (χ0v) is 14.1. The molecule has 8 nitrogen and oxygen atoms in total. The highest BCUT2D eigenvalue weighted by molar-refractivity contribution is 6.40. The van der Waals surface area contributed by atoms with Gasteiger partial charge in [-0.3, -0.25) is 9.59 Å². The summed E-state index contributed by atoms with van der Waals surface area (Å²) in [6.45, 7) is 6.86. The number of ketones is 1. The Kier molecular flexibility index (Phi) is 6.58. The van der Waals surface area contributed by atoms with E-state index in [1.807, 2.05) is 0 Å². The first-order valence-electron chi connectivity index (χ1n) is 7.38. The third-order valence-electron chi connectivity index (χ3n) is 2.98. The first-order chi connectivity index (χ1) is 11.2. The molecule has 1 aromatic heterocycles. The summed E-state index contributed by atoms with van der Waals surface area (Å²) in [4.78, 5) is 40.0. The van der Waals surface area contributed by atoms with E-state index in [2.05, 4.69) is 15.5 Å². The first kappa shape index (κ1) is 19.3. The lowest BCUT2D eigenvalue weighted by molar-refractivity contribution is -0.135. The number of ether oxygens (including phenoxy) is 1. The van der Waals surface area contributed by atoms with E-state index in [4.69, 9.17) is 9.94 Å². The van der Waals surface area contributed by atoms with Crippen molar-refractivity contribution in [3.8, 4) is 0 Å². The molecular weight excluding hydrogens is 314 g/mol. The smallest absolute Gasteiger partial charge is 0.356 e. The maximum absolute atomic E-state index is 12.4. The number of oxime groups is 1. The zero-order valence-electron chi connectivity index (χ0n) is 14.1. The molecular formula is C16H21N3O5. The van der Waals surface area contributed by atoms with Gasteiger partial charge in [-0.15, -0.1) is 0 Å². The van der Waals surface area contributed by atoms with Gasteiger partial charge in [-0.2, -0.15) is 0 Å². The highest BCUT2D eigenvalue weighted by Crippen LogP contribution is 2.19. The summed E-state index contributed by atoms with van der Waals surface area (Å²) < 4.78 is 4.70. The Balaban J connectivity index is 3.00. The molecule has 0 atom stereocenters. The number of aromatic nitrogens is 1. The number of amides is 1. The summed E-state index contributed by atoms with van der Waals surface area (Å²) in [5.41, 5.74) is -0.972. The molecule has 0 saturated heterocycles. The standard InChI is InChI=1S/C16H21N3O5/c1-5-24-14(21)11(19-23)9-12(20)10-7-6-8-17-13(10)18-15(22)16(2,3)4/h6-8,23H,5,9H2,1-4H3,(H,17,18,22). The van der Waals surface area contributed by atoms with Crippen molar-refractivity contribution in [3.05, 3.63) is 23.9 Å². The fraction of sp³-hybridized carbons (Fsp3) is 0.438. The monoisotopic (exact) mass is 335 g/mol. The Morgan fingerprint density at radius 1 is 1.33 bits per heavy atom. The van der Waals surface area contributed by atoms with Crippen molar-refractivity contribution in [1.29, 1.82) is 0 Å². The lowest BCUT2D eigenvalue weighted by Crippen LogP contribution is -2.29. The van der Waals surface area contributed by atoms with E-state index in [0.717, 1.165) is 0 Å². The normalized spacial score (nSPS) is 11.8. The third kappa shape index (κ3) is 5.15. The van der Waals surface area contributed by atoms with Gasteiger partial charge in [-0.1, -0.05) is 25.9 Å². The Bertz CT molecular complexity index is 662. The van der Waals surface area contributed by atoms with E-state index in [1.165, 1.54) is 18.3 Å². The minimum absolute atomic E-state index is 0.0866. The van der Waals surface area contributed by atoms with Gasteiger partial charge in [-0.05, 0) is 19.1 Å².